The lowest BCUT2D eigenvalue weighted by Crippen LogP contribution is -2.35. The van der Waals surface area contributed by atoms with Gasteiger partial charge in [0.05, 0.1) is 13.2 Å². The highest BCUT2D eigenvalue weighted by molar-refractivity contribution is 7.80. The number of halogens is 1. The van der Waals surface area contributed by atoms with Gasteiger partial charge in [-0.25, -0.2) is 0 Å². The molecule has 0 aliphatic rings. The van der Waals surface area contributed by atoms with E-state index in [-0.39, 0.29) is 5.56 Å². The molecule has 4 rings (SSSR count). The van der Waals surface area contributed by atoms with Gasteiger partial charge in [-0.05, 0) is 85.0 Å². The standard InChI is InChI=1S/C27H26ClN3O2S/c1-3-33-23-11-9-22(10-12-23)29-27(34)31(16-19-7-5-4-6-8-19)17-21-14-20-13-18(2)24(28)15-25(20)30-26(21)32/h4-15H,3,16-17H2,1-2H3,(H,29,34)(H,30,32). The largest absolute Gasteiger partial charge is 0.494 e. The maximum absolute atomic E-state index is 12.9. The molecule has 0 aliphatic carbocycles. The van der Waals surface area contributed by atoms with E-state index in [2.05, 4.69) is 10.3 Å². The van der Waals surface area contributed by atoms with Crippen LogP contribution < -0.4 is 15.6 Å². The zero-order valence-corrected chi connectivity index (χ0v) is 20.7. The zero-order valence-electron chi connectivity index (χ0n) is 19.1. The van der Waals surface area contributed by atoms with E-state index in [9.17, 15) is 4.79 Å². The third-order valence-electron chi connectivity index (χ3n) is 5.48. The average molecular weight is 492 g/mol. The first kappa shape index (κ1) is 23.8. The van der Waals surface area contributed by atoms with Crippen molar-refractivity contribution in [2.45, 2.75) is 26.9 Å². The van der Waals surface area contributed by atoms with E-state index in [4.69, 9.17) is 28.6 Å². The molecule has 0 unspecified atom stereocenters. The number of nitrogens with one attached hydrogen (secondary N) is 2. The summed E-state index contributed by atoms with van der Waals surface area (Å²) in [6, 6.07) is 23.4. The van der Waals surface area contributed by atoms with Crippen LogP contribution in [0.5, 0.6) is 5.75 Å². The lowest BCUT2D eigenvalue weighted by atomic mass is 10.1. The van der Waals surface area contributed by atoms with Gasteiger partial charge in [0.25, 0.3) is 5.56 Å². The van der Waals surface area contributed by atoms with Gasteiger partial charge < -0.3 is 19.9 Å². The molecule has 0 radical (unpaired) electrons. The van der Waals surface area contributed by atoms with Crippen molar-refractivity contribution < 1.29 is 4.74 Å². The van der Waals surface area contributed by atoms with E-state index < -0.39 is 0 Å². The number of thiocarbonyl (C=S) groups is 1. The van der Waals surface area contributed by atoms with Crippen molar-refractivity contribution in [2.75, 3.05) is 11.9 Å². The summed E-state index contributed by atoms with van der Waals surface area (Å²) < 4.78 is 5.52. The van der Waals surface area contributed by atoms with Crippen molar-refractivity contribution in [3.05, 3.63) is 105 Å². The van der Waals surface area contributed by atoms with Gasteiger partial charge in [-0.15, -0.1) is 0 Å². The van der Waals surface area contributed by atoms with Crippen LogP contribution in [0, 0.1) is 6.92 Å². The number of aromatic nitrogens is 1. The molecule has 0 amide bonds. The molecule has 3 aromatic carbocycles. The molecule has 0 spiro atoms. The van der Waals surface area contributed by atoms with Gasteiger partial charge in [0.15, 0.2) is 5.11 Å². The van der Waals surface area contributed by atoms with Crippen LogP contribution >= 0.6 is 23.8 Å². The Bertz CT molecular complexity index is 1350. The van der Waals surface area contributed by atoms with E-state index in [0.717, 1.165) is 28.0 Å². The summed E-state index contributed by atoms with van der Waals surface area (Å²) in [6.45, 7) is 5.42. The number of aromatic amines is 1. The molecule has 1 heterocycles. The normalized spacial score (nSPS) is 10.8. The molecule has 0 bridgehead atoms. The molecule has 2 N–H and O–H groups in total. The Morgan fingerprint density at radius 1 is 1.06 bits per heavy atom. The fourth-order valence-corrected chi connectivity index (χ4v) is 4.13. The third kappa shape index (κ3) is 5.76. The van der Waals surface area contributed by atoms with Crippen LogP contribution in [-0.2, 0) is 13.1 Å². The van der Waals surface area contributed by atoms with E-state index in [0.29, 0.717) is 40.9 Å². The molecule has 7 heteroatoms. The van der Waals surface area contributed by atoms with Crippen LogP contribution in [0.15, 0.2) is 77.6 Å². The number of ether oxygens (including phenoxy) is 1. The summed E-state index contributed by atoms with van der Waals surface area (Å²) in [6.07, 6.45) is 0. The number of H-pyrrole nitrogens is 1. The topological polar surface area (TPSA) is 57.4 Å². The number of pyridine rings is 1. The summed E-state index contributed by atoms with van der Waals surface area (Å²) in [5.74, 6) is 0.804. The second-order valence-corrected chi connectivity index (χ2v) is 8.84. The number of anilines is 1. The Kier molecular flexibility index (Phi) is 7.50. The van der Waals surface area contributed by atoms with E-state index in [1.165, 1.54) is 0 Å². The maximum Gasteiger partial charge on any atom is 0.253 e. The first-order valence-electron chi connectivity index (χ1n) is 11.1. The second-order valence-electron chi connectivity index (χ2n) is 8.04. The summed E-state index contributed by atoms with van der Waals surface area (Å²) in [4.78, 5) is 17.8. The van der Waals surface area contributed by atoms with Gasteiger partial charge in [-0.3, -0.25) is 4.79 Å². The molecular weight excluding hydrogens is 466 g/mol. The van der Waals surface area contributed by atoms with Crippen molar-refractivity contribution in [1.82, 2.24) is 9.88 Å². The molecule has 0 atom stereocenters. The third-order valence-corrected chi connectivity index (χ3v) is 6.25. The molecule has 1 aromatic heterocycles. The molecule has 0 aliphatic heterocycles. The predicted molar refractivity (Wildman–Crippen MR) is 144 cm³/mol. The first-order valence-corrected chi connectivity index (χ1v) is 11.9. The summed E-state index contributed by atoms with van der Waals surface area (Å²) >= 11 is 12.0. The molecule has 0 saturated carbocycles. The quantitative estimate of drug-likeness (QED) is 0.297. The summed E-state index contributed by atoms with van der Waals surface area (Å²) in [5, 5.41) is 5.38. The number of fused-ring (bicyclic) bond motifs is 1. The number of hydrogen-bond donors (Lipinski definition) is 2. The number of rotatable bonds is 7. The molecular formula is C27H26ClN3O2S. The van der Waals surface area contributed by atoms with Crippen molar-refractivity contribution in [2.24, 2.45) is 0 Å². The Balaban J connectivity index is 1.62. The molecule has 0 fully saturated rings. The van der Waals surface area contributed by atoms with E-state index >= 15 is 0 Å². The van der Waals surface area contributed by atoms with Crippen LogP contribution in [0.1, 0.15) is 23.6 Å². The Morgan fingerprint density at radius 2 is 1.79 bits per heavy atom. The van der Waals surface area contributed by atoms with Crippen molar-refractivity contribution in [3.63, 3.8) is 0 Å². The van der Waals surface area contributed by atoms with Crippen molar-refractivity contribution in [1.29, 1.82) is 0 Å². The van der Waals surface area contributed by atoms with E-state index in [1.807, 2.05) is 85.5 Å². The van der Waals surface area contributed by atoms with Crippen LogP contribution in [0.2, 0.25) is 5.02 Å². The van der Waals surface area contributed by atoms with E-state index in [1.54, 1.807) is 6.07 Å². The average Bonchev–Trinajstić information content (AvgIpc) is 2.82. The van der Waals surface area contributed by atoms with Crippen LogP contribution in [0.4, 0.5) is 5.69 Å². The molecule has 5 nitrogen and oxygen atoms in total. The lowest BCUT2D eigenvalue weighted by molar-refractivity contribution is 0.340. The fraction of sp³-hybridized carbons (Fsp3) is 0.185. The first-order chi connectivity index (χ1) is 16.4. The van der Waals surface area contributed by atoms with Crippen molar-refractivity contribution >= 4 is 45.5 Å². The monoisotopic (exact) mass is 491 g/mol. The number of benzene rings is 3. The minimum atomic E-state index is -0.158. The molecule has 174 valence electrons. The van der Waals surface area contributed by atoms with Crippen LogP contribution in [0.25, 0.3) is 10.9 Å². The SMILES string of the molecule is CCOc1ccc(NC(=S)N(Cc2ccccc2)Cc2cc3cc(C)c(Cl)cc3[nH]c2=O)cc1. The fourth-order valence-electron chi connectivity index (χ4n) is 3.72. The molecule has 34 heavy (non-hydrogen) atoms. The highest BCUT2D eigenvalue weighted by atomic mass is 35.5. The minimum Gasteiger partial charge on any atom is -0.494 e. The Labute approximate surface area is 209 Å². The maximum atomic E-state index is 12.9. The van der Waals surface area contributed by atoms with Gasteiger partial charge in [0.1, 0.15) is 5.75 Å². The van der Waals surface area contributed by atoms with Gasteiger partial charge >= 0.3 is 0 Å². The molecule has 4 aromatic rings. The highest BCUT2D eigenvalue weighted by Gasteiger charge is 2.15. The second kappa shape index (κ2) is 10.7. The molecule has 0 saturated heterocycles. The lowest BCUT2D eigenvalue weighted by Gasteiger charge is -2.26. The van der Waals surface area contributed by atoms with Gasteiger partial charge in [0, 0.05) is 28.3 Å². The number of nitrogens with zero attached hydrogens (tertiary/aromatic N) is 1. The predicted octanol–water partition coefficient (Wildman–Crippen LogP) is 6.29. The minimum absolute atomic E-state index is 0.158. The number of hydrogen-bond acceptors (Lipinski definition) is 3. The van der Waals surface area contributed by atoms with Gasteiger partial charge in [0.2, 0.25) is 0 Å². The van der Waals surface area contributed by atoms with Crippen LogP contribution in [-0.4, -0.2) is 21.6 Å². The Hall–Kier alpha value is -3.35. The Morgan fingerprint density at radius 3 is 2.50 bits per heavy atom. The van der Waals surface area contributed by atoms with Crippen molar-refractivity contribution in [3.8, 4) is 5.75 Å². The highest BCUT2D eigenvalue weighted by Crippen LogP contribution is 2.23. The van der Waals surface area contributed by atoms with Crippen LogP contribution in [0.3, 0.4) is 0 Å². The smallest absolute Gasteiger partial charge is 0.253 e. The van der Waals surface area contributed by atoms with Gasteiger partial charge in [-0.2, -0.15) is 0 Å². The zero-order chi connectivity index (χ0) is 24.1. The summed E-state index contributed by atoms with van der Waals surface area (Å²) in [7, 11) is 0. The number of aryl methyl sites for hydroxylation is 1. The summed E-state index contributed by atoms with van der Waals surface area (Å²) in [5.41, 5.74) is 4.09. The van der Waals surface area contributed by atoms with Gasteiger partial charge in [-0.1, -0.05) is 41.9 Å².